The first-order chi connectivity index (χ1) is 52.6. The normalized spacial score (nSPS) is 17.4. The number of H-pyrrole nitrogens is 3. The maximum Gasteiger partial charge on any atom is 0.331 e. The number of carbonyl (C=O) groups is 7. The fraction of sp³-hybridized carbons (Fsp3) is 0.393. The molecule has 0 radical (unpaired) electrons. The van der Waals surface area contributed by atoms with Crippen molar-refractivity contribution in [3.63, 3.8) is 0 Å². The minimum Gasteiger partial charge on any atom is -0.467 e. The minimum absolute atomic E-state index is 0.0190. The van der Waals surface area contributed by atoms with Crippen molar-refractivity contribution < 1.29 is 43.0 Å². The van der Waals surface area contributed by atoms with E-state index in [4.69, 9.17) is 19.4 Å². The molecule has 14 rings (SSSR count). The number of nitrogens with zero attached hydrogens (tertiary/aromatic N) is 3. The van der Waals surface area contributed by atoms with Crippen LogP contribution < -0.4 is 31.3 Å². The van der Waals surface area contributed by atoms with Gasteiger partial charge in [-0.05, 0) is 125 Å². The molecule has 8 N–H and O–H groups in total. The number of para-hydroxylation sites is 4. The van der Waals surface area contributed by atoms with Crippen molar-refractivity contribution in [1.82, 2.24) is 35.2 Å². The Morgan fingerprint density at radius 3 is 1.20 bits per heavy atom. The maximum absolute atomic E-state index is 15.1. The molecular formula is C89H99N11O9. The molecule has 4 aromatic carbocycles. The van der Waals surface area contributed by atoms with E-state index in [0.29, 0.717) is 125 Å². The number of rotatable bonds is 21. The molecule has 109 heavy (non-hydrogen) atoms. The largest absolute Gasteiger partial charge is 0.467 e. The summed E-state index contributed by atoms with van der Waals surface area (Å²) in [6, 6.07) is 36.5. The number of fused-ring (bicyclic) bond motifs is 8. The molecule has 0 spiro atoms. The van der Waals surface area contributed by atoms with Crippen LogP contribution in [-0.2, 0) is 44.7 Å². The number of nitrogens with one attached hydrogen (secondary N) is 8. The Morgan fingerprint density at radius 2 is 0.826 bits per heavy atom. The number of amides is 5. The van der Waals surface area contributed by atoms with Crippen molar-refractivity contribution in [3.05, 3.63) is 156 Å². The molecule has 1 atom stereocenters. The average Bonchev–Trinajstić information content (AvgIpc) is 1.60. The summed E-state index contributed by atoms with van der Waals surface area (Å²) < 4.78 is 11.9. The van der Waals surface area contributed by atoms with E-state index in [1.807, 2.05) is 147 Å². The Labute approximate surface area is 636 Å². The van der Waals surface area contributed by atoms with Crippen LogP contribution in [0, 0.1) is 21.7 Å². The molecule has 2 aliphatic heterocycles. The second-order valence-electron chi connectivity index (χ2n) is 32.1. The number of anilines is 4. The monoisotopic (exact) mass is 1470 g/mol. The summed E-state index contributed by atoms with van der Waals surface area (Å²) in [5.41, 5.74) is 7.41. The molecule has 6 aliphatic rings. The molecule has 1 unspecified atom stereocenters. The standard InChI is InChI=1S/C89H99N11O9/c1-85(44-19-7-20-45-85)80(103)96-61-32-15-11-28-57(61)75-65-38-39-66(92-65)76(58-29-12-16-33-62(58)97-81(104)86(2)46-21-8-22-47-86)68-42-43-70(94-68)78(60-31-14-18-35-64(60)99-83(106)88(4)50-25-10-26-51-88)79-72(109-74(102)37-27-36-73(101)100-89(5,84(107)108-6)53-56-54-90-55-91-56)52-71(95-79)77(69-41-40-67(75)93-69)59-30-13-17-34-63(59)98-82(105)87(3)48-23-9-24-49-87/h11-18,28-35,38-43,52,54-55,92,95H,7-10,19-27,36-37,44-51,53H2,1-6H3,(H,90,91)(H,96,103)(H,97,104)(H,98,105)(H,99,106)(H,100,101). The summed E-state index contributed by atoms with van der Waals surface area (Å²) in [5.74, 6) is -2.15. The van der Waals surface area contributed by atoms with Gasteiger partial charge in [-0.3, -0.25) is 28.8 Å². The van der Waals surface area contributed by atoms with E-state index in [9.17, 15) is 24.0 Å². The van der Waals surface area contributed by atoms with Gasteiger partial charge in [-0.2, -0.15) is 0 Å². The Morgan fingerprint density at radius 1 is 0.459 bits per heavy atom. The lowest BCUT2D eigenvalue weighted by atomic mass is 9.75. The van der Waals surface area contributed by atoms with Gasteiger partial charge in [-0.25, -0.2) is 19.7 Å². The van der Waals surface area contributed by atoms with Crippen LogP contribution >= 0.6 is 0 Å². The number of ether oxygens (including phenoxy) is 2. The minimum atomic E-state index is -1.47. The molecule has 4 aliphatic carbocycles. The fourth-order valence-corrected chi connectivity index (χ4v) is 17.1. The summed E-state index contributed by atoms with van der Waals surface area (Å²) in [6.45, 7) is 9.74. The van der Waals surface area contributed by atoms with Crippen LogP contribution in [0.1, 0.15) is 211 Å². The molecule has 20 nitrogen and oxygen atoms in total. The summed E-state index contributed by atoms with van der Waals surface area (Å²) in [7, 11) is 1.26. The topological polar surface area (TPSA) is 284 Å². The predicted octanol–water partition coefficient (Wildman–Crippen LogP) is 19.0. The Hall–Kier alpha value is -11.0. The number of hydrogen-bond acceptors (Lipinski definition) is 12. The van der Waals surface area contributed by atoms with Crippen molar-refractivity contribution in [1.29, 1.82) is 0 Å². The third kappa shape index (κ3) is 15.8. The van der Waals surface area contributed by atoms with E-state index < -0.39 is 45.0 Å². The summed E-state index contributed by atoms with van der Waals surface area (Å²) >= 11 is 0. The molecule has 8 aromatic rings. The lowest BCUT2D eigenvalue weighted by molar-refractivity contribution is -0.150. The lowest BCUT2D eigenvalue weighted by Crippen LogP contribution is -2.54. The van der Waals surface area contributed by atoms with Crippen molar-refractivity contribution in [2.45, 2.75) is 194 Å². The number of benzene rings is 4. The zero-order valence-corrected chi connectivity index (χ0v) is 63.4. The first-order valence-corrected chi connectivity index (χ1v) is 39.0. The Balaban J connectivity index is 1.04. The van der Waals surface area contributed by atoms with E-state index in [1.54, 1.807) is 19.2 Å². The molecule has 564 valence electrons. The third-order valence-corrected chi connectivity index (χ3v) is 23.8. The van der Waals surface area contributed by atoms with Crippen LogP contribution in [-0.4, -0.2) is 84.0 Å². The van der Waals surface area contributed by atoms with Gasteiger partial charge in [0.2, 0.25) is 29.5 Å². The molecule has 20 heteroatoms. The smallest absolute Gasteiger partial charge is 0.331 e. The van der Waals surface area contributed by atoms with Crippen molar-refractivity contribution in [3.8, 4) is 50.3 Å². The van der Waals surface area contributed by atoms with Crippen LogP contribution in [0.3, 0.4) is 0 Å². The number of methoxy groups -OCH3 is 1. The van der Waals surface area contributed by atoms with Crippen molar-refractivity contribution in [2.24, 2.45) is 21.7 Å². The van der Waals surface area contributed by atoms with Gasteiger partial charge in [0.1, 0.15) is 5.54 Å². The third-order valence-electron chi connectivity index (χ3n) is 23.8. The maximum atomic E-state index is 15.1. The van der Waals surface area contributed by atoms with Crippen LogP contribution in [0.15, 0.2) is 128 Å². The van der Waals surface area contributed by atoms with E-state index in [1.165, 1.54) is 13.4 Å². The first kappa shape index (κ1) is 74.8. The van der Waals surface area contributed by atoms with E-state index in [-0.39, 0.29) is 60.6 Å². The van der Waals surface area contributed by atoms with Gasteiger partial charge < -0.3 is 51.0 Å². The van der Waals surface area contributed by atoms with Crippen LogP contribution in [0.2, 0.25) is 0 Å². The van der Waals surface area contributed by atoms with E-state index >= 15 is 9.59 Å². The Bertz CT molecular complexity index is 5080. The van der Waals surface area contributed by atoms with E-state index in [0.717, 1.165) is 116 Å². The molecule has 8 bridgehead atoms. The molecule has 0 saturated heterocycles. The number of aromatic amines is 3. The van der Waals surface area contributed by atoms with Gasteiger partial charge in [0.25, 0.3) is 0 Å². The molecule has 4 saturated carbocycles. The number of imidazole rings is 1. The highest BCUT2D eigenvalue weighted by molar-refractivity contribution is 6.10. The van der Waals surface area contributed by atoms with Gasteiger partial charge >= 0.3 is 11.9 Å². The second-order valence-corrected chi connectivity index (χ2v) is 32.1. The average molecular weight is 1470 g/mol. The van der Waals surface area contributed by atoms with E-state index in [2.05, 4.69) is 60.4 Å². The van der Waals surface area contributed by atoms with Crippen molar-refractivity contribution in [2.75, 3.05) is 28.4 Å². The van der Waals surface area contributed by atoms with Crippen LogP contribution in [0.5, 0.6) is 5.75 Å². The highest BCUT2D eigenvalue weighted by Gasteiger charge is 2.41. The molecule has 6 heterocycles. The quantitative estimate of drug-likeness (QED) is 0.0312. The number of hydrogen-bond donors (Lipinski definition) is 8. The van der Waals surface area contributed by atoms with Crippen LogP contribution in [0.25, 0.3) is 90.9 Å². The van der Waals surface area contributed by atoms with Gasteiger partial charge in [-0.15, -0.1) is 0 Å². The number of aromatic nitrogens is 6. The summed E-state index contributed by atoms with van der Waals surface area (Å²) in [4.78, 5) is 128. The SMILES string of the molecule is COC(=O)C(C)(Cc1cnc[nH]1)NC(=O)CCCC(=O)Oc1cc2[nH]c1c(-c1ccccc1NC(=O)C1(C)CCCCC1)c1nc(c(-c3ccccc3NC(=O)C3(C)CCCCC3)c3ccc([nH]3)c(-c3ccccc3NC(=O)C3(C)CCCCC3)c3nc(c2-c2ccccc2NC(=O)C2(C)CCCCC2)C=C3)C=C1. The highest BCUT2D eigenvalue weighted by Crippen LogP contribution is 2.49. The predicted molar refractivity (Wildman–Crippen MR) is 430 cm³/mol. The lowest BCUT2D eigenvalue weighted by Gasteiger charge is -2.32. The molecule has 5 amide bonds. The molecule has 4 fully saturated rings. The fourth-order valence-electron chi connectivity index (χ4n) is 17.1. The summed E-state index contributed by atoms with van der Waals surface area (Å²) in [6.07, 6.45) is 28.1. The Kier molecular flexibility index (Phi) is 21.7. The van der Waals surface area contributed by atoms with Crippen molar-refractivity contribution >= 4 is 111 Å². The first-order valence-electron chi connectivity index (χ1n) is 39.0. The zero-order chi connectivity index (χ0) is 76.1. The second kappa shape index (κ2) is 31.7. The zero-order valence-electron chi connectivity index (χ0n) is 63.4. The number of esters is 2. The van der Waals surface area contributed by atoms with Gasteiger partial charge in [0, 0.05) is 137 Å². The number of carbonyl (C=O) groups excluding carboxylic acids is 7. The molecule has 4 aromatic heterocycles. The van der Waals surface area contributed by atoms with Gasteiger partial charge in [0.05, 0.1) is 47.2 Å². The highest BCUT2D eigenvalue weighted by atomic mass is 16.5. The molecular weight excluding hydrogens is 1370 g/mol. The van der Waals surface area contributed by atoms with Crippen LogP contribution in [0.4, 0.5) is 22.7 Å². The van der Waals surface area contributed by atoms with Gasteiger partial charge in [-0.1, -0.05) is 178 Å². The summed E-state index contributed by atoms with van der Waals surface area (Å²) in [5, 5.41) is 16.5. The van der Waals surface area contributed by atoms with Gasteiger partial charge in [0.15, 0.2) is 5.75 Å².